The highest BCUT2D eigenvalue weighted by Gasteiger charge is 2.37. The SMILES string of the molecule is CCOC(=O)c1nc(C(=O)OCC)nc(C(F)(F)F)n1. The Bertz CT molecular complexity index is 483. The molecule has 110 valence electrons. The molecule has 0 atom stereocenters. The number of carbonyl (C=O) groups is 2. The number of rotatable bonds is 4. The first-order valence-corrected chi connectivity index (χ1v) is 5.47. The van der Waals surface area contributed by atoms with Gasteiger partial charge in [-0.1, -0.05) is 0 Å². The van der Waals surface area contributed by atoms with Gasteiger partial charge in [0.25, 0.3) is 0 Å². The molecule has 1 aromatic heterocycles. The Hall–Kier alpha value is -2.26. The highest BCUT2D eigenvalue weighted by atomic mass is 19.4. The highest BCUT2D eigenvalue weighted by Crippen LogP contribution is 2.26. The Balaban J connectivity index is 3.28. The fourth-order valence-corrected chi connectivity index (χ4v) is 1.08. The Morgan fingerprint density at radius 2 is 1.35 bits per heavy atom. The van der Waals surface area contributed by atoms with Crippen LogP contribution in [0.3, 0.4) is 0 Å². The lowest BCUT2D eigenvalue weighted by atomic mass is 10.5. The molecule has 0 N–H and O–H groups in total. The molecule has 0 radical (unpaired) electrons. The van der Waals surface area contributed by atoms with Gasteiger partial charge >= 0.3 is 18.1 Å². The maximum Gasteiger partial charge on any atom is 0.451 e. The van der Waals surface area contributed by atoms with Crippen molar-refractivity contribution >= 4 is 11.9 Å². The number of carbonyl (C=O) groups excluding carboxylic acids is 2. The molecule has 0 fully saturated rings. The van der Waals surface area contributed by atoms with Crippen LogP contribution in [0.2, 0.25) is 0 Å². The Morgan fingerprint density at radius 3 is 1.65 bits per heavy atom. The molecular formula is C10H10F3N3O4. The lowest BCUT2D eigenvalue weighted by Gasteiger charge is -2.08. The van der Waals surface area contributed by atoms with Crippen molar-refractivity contribution in [1.29, 1.82) is 0 Å². The van der Waals surface area contributed by atoms with Crippen LogP contribution in [0, 0.1) is 0 Å². The number of nitrogens with zero attached hydrogens (tertiary/aromatic N) is 3. The molecule has 0 aromatic carbocycles. The minimum absolute atomic E-state index is 0.0827. The standard InChI is InChI=1S/C10H10F3N3O4/c1-3-19-7(17)5-14-6(8(18)20-4-2)16-9(15-5)10(11,12)13/h3-4H2,1-2H3. The van der Waals surface area contributed by atoms with Crippen molar-refractivity contribution in [3.8, 4) is 0 Å². The molecular weight excluding hydrogens is 283 g/mol. The number of ether oxygens (including phenoxy) is 2. The van der Waals surface area contributed by atoms with Crippen LogP contribution in [-0.2, 0) is 15.7 Å². The summed E-state index contributed by atoms with van der Waals surface area (Å²) in [5.41, 5.74) is 0. The zero-order valence-electron chi connectivity index (χ0n) is 10.5. The number of halogens is 3. The van der Waals surface area contributed by atoms with Crippen molar-refractivity contribution in [2.75, 3.05) is 13.2 Å². The largest absolute Gasteiger partial charge is 0.460 e. The van der Waals surface area contributed by atoms with Gasteiger partial charge in [-0.05, 0) is 13.8 Å². The van der Waals surface area contributed by atoms with E-state index in [1.54, 1.807) is 0 Å². The average molecular weight is 293 g/mol. The second-order valence-electron chi connectivity index (χ2n) is 3.24. The zero-order valence-corrected chi connectivity index (χ0v) is 10.5. The molecule has 1 rings (SSSR count). The third kappa shape index (κ3) is 3.87. The van der Waals surface area contributed by atoms with E-state index in [9.17, 15) is 22.8 Å². The smallest absolute Gasteiger partial charge is 0.451 e. The maximum absolute atomic E-state index is 12.6. The summed E-state index contributed by atoms with van der Waals surface area (Å²) in [6.45, 7) is 2.74. The number of alkyl halides is 3. The normalized spacial score (nSPS) is 11.1. The molecule has 0 aliphatic heterocycles. The molecule has 0 saturated heterocycles. The van der Waals surface area contributed by atoms with Crippen LogP contribution in [0.5, 0.6) is 0 Å². The van der Waals surface area contributed by atoms with E-state index < -0.39 is 35.6 Å². The fourth-order valence-electron chi connectivity index (χ4n) is 1.08. The molecule has 1 heterocycles. The van der Waals surface area contributed by atoms with Gasteiger partial charge in [0, 0.05) is 0 Å². The zero-order chi connectivity index (χ0) is 15.3. The van der Waals surface area contributed by atoms with Gasteiger partial charge in [0.15, 0.2) is 0 Å². The second-order valence-corrected chi connectivity index (χ2v) is 3.24. The summed E-state index contributed by atoms with van der Waals surface area (Å²) < 4.78 is 46.7. The van der Waals surface area contributed by atoms with Gasteiger partial charge in [-0.2, -0.15) is 28.1 Å². The van der Waals surface area contributed by atoms with Crippen LogP contribution in [0.15, 0.2) is 0 Å². The number of hydrogen-bond donors (Lipinski definition) is 0. The Morgan fingerprint density at radius 1 is 0.950 bits per heavy atom. The van der Waals surface area contributed by atoms with E-state index in [0.29, 0.717) is 0 Å². The quantitative estimate of drug-likeness (QED) is 0.771. The minimum atomic E-state index is -4.94. The van der Waals surface area contributed by atoms with E-state index in [2.05, 4.69) is 24.4 Å². The van der Waals surface area contributed by atoms with E-state index in [4.69, 9.17) is 0 Å². The molecule has 0 aliphatic carbocycles. The van der Waals surface area contributed by atoms with Gasteiger partial charge in [0.05, 0.1) is 13.2 Å². The molecule has 10 heteroatoms. The van der Waals surface area contributed by atoms with Gasteiger partial charge in [-0.15, -0.1) is 0 Å². The van der Waals surface area contributed by atoms with Crippen molar-refractivity contribution in [1.82, 2.24) is 15.0 Å². The van der Waals surface area contributed by atoms with Crippen LogP contribution in [0.25, 0.3) is 0 Å². The second kappa shape index (κ2) is 6.26. The molecule has 1 aromatic rings. The van der Waals surface area contributed by atoms with Gasteiger partial charge in [-0.3, -0.25) is 0 Å². The summed E-state index contributed by atoms with van der Waals surface area (Å²) >= 11 is 0. The predicted octanol–water partition coefficient (Wildman–Crippen LogP) is 1.24. The molecule has 0 unspecified atom stereocenters. The van der Waals surface area contributed by atoms with Gasteiger partial charge in [0.1, 0.15) is 0 Å². The van der Waals surface area contributed by atoms with Crippen LogP contribution in [0.4, 0.5) is 13.2 Å². The first-order valence-electron chi connectivity index (χ1n) is 5.47. The average Bonchev–Trinajstić information content (AvgIpc) is 2.37. The summed E-state index contributed by atoms with van der Waals surface area (Å²) in [5, 5.41) is 0. The van der Waals surface area contributed by atoms with Crippen LogP contribution < -0.4 is 0 Å². The lowest BCUT2D eigenvalue weighted by Crippen LogP contribution is -2.22. The fraction of sp³-hybridized carbons (Fsp3) is 0.500. The molecule has 7 nitrogen and oxygen atoms in total. The van der Waals surface area contributed by atoms with Crippen molar-refractivity contribution in [3.63, 3.8) is 0 Å². The summed E-state index contributed by atoms with van der Waals surface area (Å²) in [6, 6.07) is 0. The summed E-state index contributed by atoms with van der Waals surface area (Å²) in [7, 11) is 0. The number of aromatic nitrogens is 3. The first-order chi connectivity index (χ1) is 9.29. The molecule has 20 heavy (non-hydrogen) atoms. The van der Waals surface area contributed by atoms with E-state index in [-0.39, 0.29) is 13.2 Å². The van der Waals surface area contributed by atoms with Crippen LogP contribution in [0.1, 0.15) is 40.9 Å². The monoisotopic (exact) mass is 293 g/mol. The third-order valence-electron chi connectivity index (χ3n) is 1.80. The van der Waals surface area contributed by atoms with Crippen molar-refractivity contribution < 1.29 is 32.2 Å². The van der Waals surface area contributed by atoms with E-state index in [1.165, 1.54) is 13.8 Å². The van der Waals surface area contributed by atoms with E-state index in [1.807, 2.05) is 0 Å². The Kier molecular flexibility index (Phi) is 4.94. The highest BCUT2D eigenvalue weighted by molar-refractivity contribution is 5.89. The van der Waals surface area contributed by atoms with Crippen molar-refractivity contribution in [2.45, 2.75) is 20.0 Å². The van der Waals surface area contributed by atoms with E-state index in [0.717, 1.165) is 0 Å². The molecule has 0 saturated carbocycles. The molecule has 0 amide bonds. The third-order valence-corrected chi connectivity index (χ3v) is 1.80. The number of hydrogen-bond acceptors (Lipinski definition) is 7. The maximum atomic E-state index is 12.6. The van der Waals surface area contributed by atoms with Crippen LogP contribution >= 0.6 is 0 Å². The molecule has 0 spiro atoms. The van der Waals surface area contributed by atoms with Gasteiger partial charge in [-0.25, -0.2) is 9.59 Å². The topological polar surface area (TPSA) is 91.3 Å². The predicted molar refractivity (Wildman–Crippen MR) is 56.7 cm³/mol. The summed E-state index contributed by atoms with van der Waals surface area (Å²) in [4.78, 5) is 31.9. The Labute approximate surface area is 111 Å². The van der Waals surface area contributed by atoms with Crippen LogP contribution in [-0.4, -0.2) is 40.1 Å². The molecule has 0 bridgehead atoms. The first kappa shape index (κ1) is 15.8. The van der Waals surface area contributed by atoms with Crippen molar-refractivity contribution in [3.05, 3.63) is 17.5 Å². The van der Waals surface area contributed by atoms with Gasteiger partial charge in [0.2, 0.25) is 17.5 Å². The summed E-state index contributed by atoms with van der Waals surface area (Å²) in [6.07, 6.45) is -4.94. The lowest BCUT2D eigenvalue weighted by molar-refractivity contribution is -0.145. The van der Waals surface area contributed by atoms with Crippen molar-refractivity contribution in [2.24, 2.45) is 0 Å². The minimum Gasteiger partial charge on any atom is -0.460 e. The summed E-state index contributed by atoms with van der Waals surface area (Å²) in [5.74, 6) is -5.86. The van der Waals surface area contributed by atoms with Gasteiger partial charge < -0.3 is 9.47 Å². The molecule has 0 aliphatic rings. The van der Waals surface area contributed by atoms with E-state index >= 15 is 0 Å². The number of esters is 2.